The fourth-order valence-corrected chi connectivity index (χ4v) is 4.47. The van der Waals surface area contributed by atoms with Crippen molar-refractivity contribution in [3.63, 3.8) is 0 Å². The van der Waals surface area contributed by atoms with Gasteiger partial charge in [0.1, 0.15) is 5.75 Å². The highest BCUT2D eigenvalue weighted by molar-refractivity contribution is 5.42. The summed E-state index contributed by atoms with van der Waals surface area (Å²) >= 11 is 0. The molecule has 3 heteroatoms. The Bertz CT molecular complexity index is 530. The van der Waals surface area contributed by atoms with Crippen LogP contribution in [0.1, 0.15) is 101 Å². The molecular weight excluding hydrogens is 312 g/mol. The molecule has 2 aliphatic rings. The van der Waals surface area contributed by atoms with Gasteiger partial charge in [0.15, 0.2) is 0 Å². The summed E-state index contributed by atoms with van der Waals surface area (Å²) in [5.41, 5.74) is 2.08. The summed E-state index contributed by atoms with van der Waals surface area (Å²) in [6.45, 7) is 4.32. The van der Waals surface area contributed by atoms with Gasteiger partial charge in [-0.05, 0) is 50.2 Å². The quantitative estimate of drug-likeness (QED) is 0.608. The van der Waals surface area contributed by atoms with E-state index in [-0.39, 0.29) is 12.2 Å². The lowest BCUT2D eigenvalue weighted by atomic mass is 9.94. The van der Waals surface area contributed by atoms with Crippen LogP contribution in [-0.4, -0.2) is 17.3 Å². The zero-order chi connectivity index (χ0) is 17.6. The Morgan fingerprint density at radius 3 is 1.92 bits per heavy atom. The highest BCUT2D eigenvalue weighted by Crippen LogP contribution is 2.40. The first-order valence-corrected chi connectivity index (χ1v) is 10.4. The smallest absolute Gasteiger partial charge is 0.121 e. The summed E-state index contributed by atoms with van der Waals surface area (Å²) in [7, 11) is 0. The zero-order valence-electron chi connectivity index (χ0n) is 15.9. The van der Waals surface area contributed by atoms with Crippen molar-refractivity contribution in [3.8, 4) is 5.75 Å². The summed E-state index contributed by atoms with van der Waals surface area (Å²) in [6, 6.07) is 5.86. The van der Waals surface area contributed by atoms with E-state index >= 15 is 0 Å². The lowest BCUT2D eigenvalue weighted by molar-refractivity contribution is -0.0257. The fraction of sp³-hybridized carbons (Fsp3) is 0.727. The summed E-state index contributed by atoms with van der Waals surface area (Å²) in [5, 5.41) is 10.6. The highest BCUT2D eigenvalue weighted by atomic mass is 16.5. The predicted octanol–water partition coefficient (Wildman–Crippen LogP) is 6.21. The first-order valence-electron chi connectivity index (χ1n) is 10.4. The van der Waals surface area contributed by atoms with Gasteiger partial charge in [-0.2, -0.15) is 0 Å². The third kappa shape index (κ3) is 4.57. The molecule has 0 saturated heterocycles. The summed E-state index contributed by atoms with van der Waals surface area (Å²) in [4.78, 5) is 0. The van der Waals surface area contributed by atoms with Gasteiger partial charge < -0.3 is 14.6 Å². The Morgan fingerprint density at radius 2 is 1.40 bits per heavy atom. The molecule has 2 atom stereocenters. The second-order valence-corrected chi connectivity index (χ2v) is 7.66. The molecule has 0 aromatic heterocycles. The van der Waals surface area contributed by atoms with Crippen molar-refractivity contribution in [2.75, 3.05) is 0 Å². The van der Waals surface area contributed by atoms with Crippen LogP contribution >= 0.6 is 0 Å². The molecule has 140 valence electrons. The van der Waals surface area contributed by atoms with Gasteiger partial charge in [0.05, 0.1) is 24.4 Å². The third-order valence-corrected chi connectivity index (χ3v) is 5.85. The van der Waals surface area contributed by atoms with Crippen molar-refractivity contribution >= 4 is 0 Å². The van der Waals surface area contributed by atoms with Gasteiger partial charge in [0.25, 0.3) is 0 Å². The van der Waals surface area contributed by atoms with E-state index in [1.807, 2.05) is 6.07 Å². The number of ether oxygens (including phenoxy) is 2. The molecule has 0 aliphatic heterocycles. The van der Waals surface area contributed by atoms with E-state index in [1.165, 1.54) is 38.5 Å². The summed E-state index contributed by atoms with van der Waals surface area (Å²) in [5.74, 6) is 0.357. The molecule has 0 radical (unpaired) electrons. The van der Waals surface area contributed by atoms with Crippen molar-refractivity contribution in [2.24, 2.45) is 0 Å². The lowest BCUT2D eigenvalue weighted by Gasteiger charge is -2.28. The van der Waals surface area contributed by atoms with Gasteiger partial charge in [-0.1, -0.05) is 51.7 Å². The molecule has 0 spiro atoms. The Hall–Kier alpha value is -1.06. The highest BCUT2D eigenvalue weighted by Gasteiger charge is 2.28. The van der Waals surface area contributed by atoms with Gasteiger partial charge >= 0.3 is 0 Å². The average Bonchev–Trinajstić information content (AvgIpc) is 3.31. The van der Waals surface area contributed by atoms with Crippen molar-refractivity contribution < 1.29 is 14.6 Å². The Balaban J connectivity index is 1.83. The third-order valence-electron chi connectivity index (χ3n) is 5.85. The van der Waals surface area contributed by atoms with Crippen molar-refractivity contribution in [2.45, 2.75) is 102 Å². The number of rotatable bonds is 8. The Kier molecular flexibility index (Phi) is 6.77. The van der Waals surface area contributed by atoms with E-state index in [9.17, 15) is 5.11 Å². The minimum absolute atomic E-state index is 0.0412. The monoisotopic (exact) mass is 346 g/mol. The minimum Gasteiger partial charge on any atom is -0.508 e. The van der Waals surface area contributed by atoms with Gasteiger partial charge in [0, 0.05) is 5.56 Å². The second kappa shape index (κ2) is 9.05. The van der Waals surface area contributed by atoms with Crippen molar-refractivity contribution in [1.82, 2.24) is 0 Å². The molecule has 1 aromatic carbocycles. The molecule has 0 heterocycles. The van der Waals surface area contributed by atoms with E-state index in [0.717, 1.165) is 36.8 Å². The van der Waals surface area contributed by atoms with Crippen molar-refractivity contribution in [1.29, 1.82) is 0 Å². The van der Waals surface area contributed by atoms with Crippen LogP contribution in [0.5, 0.6) is 5.75 Å². The molecule has 2 saturated carbocycles. The molecule has 2 aliphatic carbocycles. The van der Waals surface area contributed by atoms with E-state index in [4.69, 9.17) is 9.47 Å². The maximum atomic E-state index is 10.6. The van der Waals surface area contributed by atoms with Crippen LogP contribution in [0, 0.1) is 0 Å². The second-order valence-electron chi connectivity index (χ2n) is 7.66. The van der Waals surface area contributed by atoms with Gasteiger partial charge in [-0.15, -0.1) is 0 Å². The Labute approximate surface area is 152 Å². The van der Waals surface area contributed by atoms with Gasteiger partial charge in [-0.25, -0.2) is 0 Å². The standard InChI is InChI=1S/C22H34O3/c1-3-20(24-16-10-5-6-11-16)18-14-9-15-19(23)22(18)21(4-2)25-17-12-7-8-13-17/h9,14-17,20-21,23H,3-8,10-13H2,1-2H3. The number of phenolic OH excluding ortho intramolecular Hbond substituents is 1. The largest absolute Gasteiger partial charge is 0.508 e. The SMILES string of the molecule is CCC(OC1CCCC1)c1cccc(O)c1C(CC)OC1CCCC1. The van der Waals surface area contributed by atoms with Crippen LogP contribution in [0.15, 0.2) is 18.2 Å². The number of hydrogen-bond acceptors (Lipinski definition) is 3. The number of phenols is 1. The van der Waals surface area contributed by atoms with Crippen molar-refractivity contribution in [3.05, 3.63) is 29.3 Å². The van der Waals surface area contributed by atoms with Crippen LogP contribution in [0.2, 0.25) is 0 Å². The first-order chi connectivity index (χ1) is 12.2. The maximum Gasteiger partial charge on any atom is 0.121 e. The Morgan fingerprint density at radius 1 is 0.880 bits per heavy atom. The van der Waals surface area contributed by atoms with Gasteiger partial charge in [0.2, 0.25) is 0 Å². The van der Waals surface area contributed by atoms with E-state index < -0.39 is 0 Å². The molecule has 3 rings (SSSR count). The normalized spacial score (nSPS) is 21.7. The van der Waals surface area contributed by atoms with Crippen LogP contribution < -0.4 is 0 Å². The zero-order valence-corrected chi connectivity index (χ0v) is 15.9. The van der Waals surface area contributed by atoms with E-state index in [1.54, 1.807) is 6.07 Å². The van der Waals surface area contributed by atoms with E-state index in [0.29, 0.717) is 18.0 Å². The molecule has 0 amide bonds. The fourth-order valence-electron chi connectivity index (χ4n) is 4.47. The minimum atomic E-state index is -0.0412. The van der Waals surface area contributed by atoms with E-state index in [2.05, 4.69) is 19.9 Å². The molecular formula is C22H34O3. The van der Waals surface area contributed by atoms with Crippen LogP contribution in [0.3, 0.4) is 0 Å². The van der Waals surface area contributed by atoms with Crippen LogP contribution in [-0.2, 0) is 9.47 Å². The van der Waals surface area contributed by atoms with Gasteiger partial charge in [-0.3, -0.25) is 0 Å². The molecule has 25 heavy (non-hydrogen) atoms. The molecule has 0 bridgehead atoms. The number of benzene rings is 1. The number of hydrogen-bond donors (Lipinski definition) is 1. The van der Waals surface area contributed by atoms with Crippen LogP contribution in [0.4, 0.5) is 0 Å². The molecule has 1 aromatic rings. The first kappa shape index (κ1) is 18.7. The molecule has 2 unspecified atom stereocenters. The molecule has 3 nitrogen and oxygen atoms in total. The average molecular weight is 347 g/mol. The summed E-state index contributed by atoms with van der Waals surface area (Å²) < 4.78 is 12.9. The summed E-state index contributed by atoms with van der Waals surface area (Å²) in [6.07, 6.45) is 12.2. The topological polar surface area (TPSA) is 38.7 Å². The molecule has 2 fully saturated rings. The van der Waals surface area contributed by atoms with Crippen LogP contribution in [0.25, 0.3) is 0 Å². The predicted molar refractivity (Wildman–Crippen MR) is 101 cm³/mol. The lowest BCUT2D eigenvalue weighted by Crippen LogP contribution is -2.18. The maximum absolute atomic E-state index is 10.6. The number of aromatic hydroxyl groups is 1. The molecule has 1 N–H and O–H groups in total.